The summed E-state index contributed by atoms with van der Waals surface area (Å²) in [6.07, 6.45) is 5.02. The van der Waals surface area contributed by atoms with Crippen molar-refractivity contribution in [3.05, 3.63) is 35.9 Å². The minimum Gasteiger partial charge on any atom is -0.310 e. The Labute approximate surface area is 173 Å². The Morgan fingerprint density at radius 1 is 1.31 bits per heavy atom. The third-order valence-electron chi connectivity index (χ3n) is 5.35. The van der Waals surface area contributed by atoms with Gasteiger partial charge < -0.3 is 5.32 Å². The summed E-state index contributed by atoms with van der Waals surface area (Å²) in [7, 11) is 3.77. The molecule has 0 radical (unpaired) electrons. The van der Waals surface area contributed by atoms with Crippen molar-refractivity contribution in [2.75, 3.05) is 14.1 Å². The monoisotopic (exact) mass is 400 g/mol. The minimum atomic E-state index is -1.59. The lowest BCUT2D eigenvalue weighted by atomic mass is 10.0. The Kier molecular flexibility index (Phi) is 6.67. The molecule has 158 valence electrons. The molecule has 6 nitrogen and oxygen atoms in total. The normalized spacial score (nSPS) is 22.4. The second-order valence-corrected chi connectivity index (χ2v) is 8.61. The van der Waals surface area contributed by atoms with Crippen LogP contribution >= 0.6 is 0 Å². The molecule has 0 bridgehead atoms. The first kappa shape index (κ1) is 21.4. The largest absolute Gasteiger partial charge is 0.310 e. The van der Waals surface area contributed by atoms with Crippen molar-refractivity contribution in [2.24, 2.45) is 21.0 Å². The second-order valence-electron chi connectivity index (χ2n) is 8.61. The number of hydrazone groups is 1. The predicted molar refractivity (Wildman–Crippen MR) is 118 cm³/mol. The van der Waals surface area contributed by atoms with Crippen molar-refractivity contribution < 1.29 is 4.39 Å². The summed E-state index contributed by atoms with van der Waals surface area (Å²) in [6, 6.07) is 10.7. The summed E-state index contributed by atoms with van der Waals surface area (Å²) < 4.78 is 14.7. The van der Waals surface area contributed by atoms with Gasteiger partial charge in [0.1, 0.15) is 5.84 Å². The zero-order valence-corrected chi connectivity index (χ0v) is 18.0. The van der Waals surface area contributed by atoms with E-state index in [9.17, 15) is 4.39 Å². The number of alkyl halides is 1. The first-order valence-electron chi connectivity index (χ1n) is 10.4. The van der Waals surface area contributed by atoms with Gasteiger partial charge in [0.2, 0.25) is 12.2 Å². The van der Waals surface area contributed by atoms with Crippen LogP contribution in [0.5, 0.6) is 0 Å². The summed E-state index contributed by atoms with van der Waals surface area (Å²) in [5.74, 6) is 1.39. The number of nitrogens with one attached hydrogen (secondary N) is 1. The lowest BCUT2D eigenvalue weighted by Crippen LogP contribution is -2.59. The van der Waals surface area contributed by atoms with Gasteiger partial charge in [-0.15, -0.1) is 0 Å². The molecule has 0 aromatic heterocycles. The van der Waals surface area contributed by atoms with Crippen LogP contribution in [0.1, 0.15) is 45.1 Å². The molecule has 29 heavy (non-hydrogen) atoms. The van der Waals surface area contributed by atoms with E-state index in [1.165, 1.54) is 32.3 Å². The summed E-state index contributed by atoms with van der Waals surface area (Å²) in [5.41, 5.74) is -0.244. The molecule has 1 aromatic rings. The average Bonchev–Trinajstić information content (AvgIpc) is 3.51. The fourth-order valence-corrected chi connectivity index (χ4v) is 3.55. The first-order chi connectivity index (χ1) is 13.8. The molecule has 2 aliphatic rings. The topological polar surface area (TPSA) is 55.6 Å². The van der Waals surface area contributed by atoms with Gasteiger partial charge in [-0.3, -0.25) is 4.90 Å². The molecule has 0 spiro atoms. The van der Waals surface area contributed by atoms with E-state index in [2.05, 4.69) is 46.4 Å². The van der Waals surface area contributed by atoms with Crippen molar-refractivity contribution in [3.63, 3.8) is 0 Å². The van der Waals surface area contributed by atoms with Gasteiger partial charge in [-0.2, -0.15) is 10.1 Å². The van der Waals surface area contributed by atoms with E-state index >= 15 is 0 Å². The predicted octanol–water partition coefficient (Wildman–Crippen LogP) is 3.66. The van der Waals surface area contributed by atoms with Gasteiger partial charge in [-0.25, -0.2) is 14.4 Å². The number of halogens is 1. The Morgan fingerprint density at radius 3 is 2.55 bits per heavy atom. The SMILES string of the molecule is C=NN1C(=NC(CCCc2ccccc2)C2CC2)NC(C(C)(C)F)=NC1N(C)C. The molecule has 1 aliphatic heterocycles. The molecule has 0 saturated heterocycles. The maximum absolute atomic E-state index is 14.7. The molecule has 0 amide bonds. The first-order valence-corrected chi connectivity index (χ1v) is 10.4. The molecular weight excluding hydrogens is 367 g/mol. The Bertz CT molecular complexity index is 748. The number of guanidine groups is 1. The quantitative estimate of drug-likeness (QED) is 0.644. The third-order valence-corrected chi connectivity index (χ3v) is 5.35. The molecule has 1 aliphatic carbocycles. The summed E-state index contributed by atoms with van der Waals surface area (Å²) in [5, 5.41) is 8.86. The van der Waals surface area contributed by atoms with Crippen LogP contribution in [-0.4, -0.2) is 60.5 Å². The van der Waals surface area contributed by atoms with Crippen LogP contribution in [0.15, 0.2) is 45.4 Å². The number of aliphatic imine (C=N–C) groups is 2. The van der Waals surface area contributed by atoms with Crippen LogP contribution in [0.3, 0.4) is 0 Å². The van der Waals surface area contributed by atoms with Gasteiger partial charge in [0, 0.05) is 6.72 Å². The van der Waals surface area contributed by atoms with Gasteiger partial charge in [0.15, 0.2) is 5.67 Å². The highest BCUT2D eigenvalue weighted by atomic mass is 19.1. The van der Waals surface area contributed by atoms with E-state index in [0.29, 0.717) is 11.9 Å². The second kappa shape index (κ2) is 9.03. The van der Waals surface area contributed by atoms with E-state index in [1.807, 2.05) is 25.1 Å². The maximum atomic E-state index is 14.7. The smallest absolute Gasteiger partial charge is 0.223 e. The molecule has 1 heterocycles. The zero-order valence-electron chi connectivity index (χ0n) is 18.0. The standard InChI is InChI=1S/C22H33FN6/c1-22(2,23)19-26-20(29(24-3)21(27-19)28(4)5)25-18(17-14-15-17)13-9-12-16-10-7-6-8-11-16/h6-8,10-11,17-18,21H,3,9,12-15H2,1-2,4-5H3,(H,25,26,27). The molecule has 2 atom stereocenters. The maximum Gasteiger partial charge on any atom is 0.223 e. The summed E-state index contributed by atoms with van der Waals surface area (Å²) in [6.45, 7) is 6.69. The van der Waals surface area contributed by atoms with E-state index in [-0.39, 0.29) is 11.9 Å². The zero-order chi connectivity index (χ0) is 21.0. The Hall–Kier alpha value is -2.28. The van der Waals surface area contributed by atoms with E-state index in [1.54, 1.807) is 5.01 Å². The summed E-state index contributed by atoms with van der Waals surface area (Å²) in [4.78, 5) is 11.4. The van der Waals surface area contributed by atoms with Crippen LogP contribution in [0.4, 0.5) is 4.39 Å². The molecule has 1 aromatic carbocycles. The molecular formula is C22H33FN6. The number of aryl methyl sites for hydroxylation is 1. The number of hydrogen-bond acceptors (Lipinski definition) is 4. The highest BCUT2D eigenvalue weighted by molar-refractivity contribution is 6.05. The van der Waals surface area contributed by atoms with E-state index in [4.69, 9.17) is 4.99 Å². The number of benzene rings is 1. The van der Waals surface area contributed by atoms with Gasteiger partial charge in [0.25, 0.3) is 0 Å². The Balaban J connectivity index is 1.78. The van der Waals surface area contributed by atoms with Crippen molar-refractivity contribution in [1.82, 2.24) is 15.2 Å². The molecule has 7 heteroatoms. The van der Waals surface area contributed by atoms with Crippen LogP contribution in [0.2, 0.25) is 0 Å². The van der Waals surface area contributed by atoms with E-state index < -0.39 is 12.0 Å². The van der Waals surface area contributed by atoms with Crippen molar-refractivity contribution in [1.29, 1.82) is 0 Å². The molecule has 2 unspecified atom stereocenters. The fraction of sp³-hybridized carbons (Fsp3) is 0.591. The molecule has 3 rings (SSSR count). The van der Waals surface area contributed by atoms with Crippen LogP contribution in [0, 0.1) is 5.92 Å². The van der Waals surface area contributed by atoms with Crippen molar-refractivity contribution >= 4 is 18.5 Å². The lowest BCUT2D eigenvalue weighted by molar-refractivity contribution is 0.143. The van der Waals surface area contributed by atoms with Gasteiger partial charge in [-0.05, 0) is 71.5 Å². The van der Waals surface area contributed by atoms with Crippen LogP contribution < -0.4 is 5.32 Å². The third kappa shape index (κ3) is 5.63. The van der Waals surface area contributed by atoms with Crippen molar-refractivity contribution in [3.8, 4) is 0 Å². The van der Waals surface area contributed by atoms with Gasteiger partial charge in [0.05, 0.1) is 6.04 Å². The van der Waals surface area contributed by atoms with Crippen LogP contribution in [-0.2, 0) is 6.42 Å². The lowest BCUT2D eigenvalue weighted by Gasteiger charge is -2.38. The Morgan fingerprint density at radius 2 is 2.00 bits per heavy atom. The number of amidine groups is 1. The molecule has 1 fully saturated rings. The molecule has 1 N–H and O–H groups in total. The van der Waals surface area contributed by atoms with Gasteiger partial charge in [-0.1, -0.05) is 30.3 Å². The minimum absolute atomic E-state index is 0.190. The average molecular weight is 401 g/mol. The van der Waals surface area contributed by atoms with Crippen molar-refractivity contribution in [2.45, 2.75) is 64.0 Å². The highest BCUT2D eigenvalue weighted by Gasteiger charge is 2.38. The number of hydrogen-bond donors (Lipinski definition) is 1. The van der Waals surface area contributed by atoms with Gasteiger partial charge >= 0.3 is 0 Å². The highest BCUT2D eigenvalue weighted by Crippen LogP contribution is 2.37. The van der Waals surface area contributed by atoms with E-state index in [0.717, 1.165) is 19.3 Å². The fourth-order valence-electron chi connectivity index (χ4n) is 3.55. The van der Waals surface area contributed by atoms with Crippen LogP contribution in [0.25, 0.3) is 0 Å². The molecule has 1 saturated carbocycles. The number of nitrogens with zero attached hydrogens (tertiary/aromatic N) is 5. The summed E-state index contributed by atoms with van der Waals surface area (Å²) >= 11 is 0. The number of rotatable bonds is 9.